The van der Waals surface area contributed by atoms with Crippen LogP contribution in [0.15, 0.2) is 82.6 Å². The van der Waals surface area contributed by atoms with E-state index in [4.69, 9.17) is 11.6 Å². The van der Waals surface area contributed by atoms with Gasteiger partial charge in [-0.1, -0.05) is 59.8 Å². The minimum Gasteiger partial charge on any atom is -0.367 e. The summed E-state index contributed by atoms with van der Waals surface area (Å²) in [6.45, 7) is 2.75. The normalized spacial score (nSPS) is 13.7. The average Bonchev–Trinajstić information content (AvgIpc) is 2.80. The number of nitrogens with zero attached hydrogens (tertiary/aromatic N) is 3. The van der Waals surface area contributed by atoms with Crippen molar-refractivity contribution >= 4 is 35.0 Å². The monoisotopic (exact) mass is 433 g/mol. The van der Waals surface area contributed by atoms with Gasteiger partial charge >= 0.3 is 0 Å². The van der Waals surface area contributed by atoms with Crippen LogP contribution in [-0.2, 0) is 0 Å². The minimum atomic E-state index is 0.0198. The summed E-state index contributed by atoms with van der Waals surface area (Å²) >= 11 is 7.79. The SMILES string of the molecule is N#Cc1ccccc1Sc1ccccc1C(=O)N1CCN(c2ccccc2Cl)CC1. The molecule has 0 unspecified atom stereocenters. The van der Waals surface area contributed by atoms with E-state index in [2.05, 4.69) is 11.0 Å². The predicted octanol–water partition coefficient (Wildman–Crippen LogP) is 5.33. The van der Waals surface area contributed by atoms with Crippen LogP contribution < -0.4 is 4.90 Å². The highest BCUT2D eigenvalue weighted by Crippen LogP contribution is 2.33. The molecule has 1 saturated heterocycles. The number of rotatable bonds is 4. The Labute approximate surface area is 185 Å². The molecule has 6 heteroatoms. The van der Waals surface area contributed by atoms with Gasteiger partial charge in [0.2, 0.25) is 0 Å². The van der Waals surface area contributed by atoms with Crippen LogP contribution in [0.5, 0.6) is 0 Å². The first-order chi connectivity index (χ1) is 14.7. The summed E-state index contributed by atoms with van der Waals surface area (Å²) in [5.41, 5.74) is 2.29. The molecule has 150 valence electrons. The van der Waals surface area contributed by atoms with Gasteiger partial charge in [-0.3, -0.25) is 4.79 Å². The molecule has 1 amide bonds. The fourth-order valence-electron chi connectivity index (χ4n) is 3.53. The number of piperazine rings is 1. The third-order valence-electron chi connectivity index (χ3n) is 5.10. The highest BCUT2D eigenvalue weighted by molar-refractivity contribution is 7.99. The van der Waals surface area contributed by atoms with E-state index < -0.39 is 0 Å². The summed E-state index contributed by atoms with van der Waals surface area (Å²) in [5.74, 6) is 0.0198. The lowest BCUT2D eigenvalue weighted by Crippen LogP contribution is -2.49. The molecule has 0 atom stereocenters. The fourth-order valence-corrected chi connectivity index (χ4v) is 4.80. The van der Waals surface area contributed by atoms with Crippen LogP contribution in [0.4, 0.5) is 5.69 Å². The van der Waals surface area contributed by atoms with Crippen molar-refractivity contribution in [2.75, 3.05) is 31.1 Å². The molecule has 4 nitrogen and oxygen atoms in total. The van der Waals surface area contributed by atoms with Crippen LogP contribution in [0.2, 0.25) is 5.02 Å². The quantitative estimate of drug-likeness (QED) is 0.558. The van der Waals surface area contributed by atoms with E-state index >= 15 is 0 Å². The zero-order chi connectivity index (χ0) is 20.9. The summed E-state index contributed by atoms with van der Waals surface area (Å²) in [7, 11) is 0. The van der Waals surface area contributed by atoms with Crippen LogP contribution in [0.3, 0.4) is 0 Å². The number of hydrogen-bond donors (Lipinski definition) is 0. The maximum absolute atomic E-state index is 13.3. The molecule has 1 heterocycles. The minimum absolute atomic E-state index is 0.0198. The number of nitriles is 1. The Morgan fingerprint density at radius 2 is 1.50 bits per heavy atom. The van der Waals surface area contributed by atoms with E-state index in [1.165, 1.54) is 11.8 Å². The van der Waals surface area contributed by atoms with Crippen LogP contribution in [0.1, 0.15) is 15.9 Å². The van der Waals surface area contributed by atoms with Gasteiger partial charge in [-0.15, -0.1) is 0 Å². The average molecular weight is 434 g/mol. The molecule has 4 rings (SSSR count). The van der Waals surface area contributed by atoms with Gasteiger partial charge in [0.05, 0.1) is 21.8 Å². The molecule has 0 aromatic heterocycles. The number of halogens is 1. The summed E-state index contributed by atoms with van der Waals surface area (Å²) in [6.07, 6.45) is 0. The van der Waals surface area contributed by atoms with Gasteiger partial charge < -0.3 is 9.80 Å². The van der Waals surface area contributed by atoms with Gasteiger partial charge in [-0.25, -0.2) is 0 Å². The Morgan fingerprint density at radius 1 is 0.867 bits per heavy atom. The second-order valence-corrected chi connectivity index (χ2v) is 8.43. The maximum atomic E-state index is 13.3. The van der Waals surface area contributed by atoms with Crippen LogP contribution in [-0.4, -0.2) is 37.0 Å². The lowest BCUT2D eigenvalue weighted by molar-refractivity contribution is 0.0743. The van der Waals surface area contributed by atoms with Crippen LogP contribution in [0.25, 0.3) is 0 Å². The van der Waals surface area contributed by atoms with Crippen molar-refractivity contribution in [1.82, 2.24) is 4.90 Å². The van der Waals surface area contributed by atoms with Gasteiger partial charge in [0.1, 0.15) is 6.07 Å². The Hall–Kier alpha value is -2.94. The Bertz CT molecular complexity index is 1100. The van der Waals surface area contributed by atoms with Gasteiger partial charge in [-0.05, 0) is 36.4 Å². The molecular weight excluding hydrogens is 414 g/mol. The molecule has 0 saturated carbocycles. The van der Waals surface area contributed by atoms with Gasteiger partial charge in [0.25, 0.3) is 5.91 Å². The van der Waals surface area contributed by atoms with E-state index in [0.717, 1.165) is 33.6 Å². The van der Waals surface area contributed by atoms with E-state index in [1.807, 2.05) is 71.6 Å². The molecule has 1 aliphatic rings. The van der Waals surface area contributed by atoms with Crippen molar-refractivity contribution in [3.05, 3.63) is 88.9 Å². The van der Waals surface area contributed by atoms with E-state index in [9.17, 15) is 10.1 Å². The molecule has 0 bridgehead atoms. The molecule has 0 N–H and O–H groups in total. The maximum Gasteiger partial charge on any atom is 0.255 e. The van der Waals surface area contributed by atoms with Crippen molar-refractivity contribution in [2.24, 2.45) is 0 Å². The van der Waals surface area contributed by atoms with E-state index in [0.29, 0.717) is 24.2 Å². The lowest BCUT2D eigenvalue weighted by atomic mass is 10.1. The first kappa shape index (κ1) is 20.3. The van der Waals surface area contributed by atoms with Crippen LogP contribution in [0, 0.1) is 11.3 Å². The zero-order valence-corrected chi connectivity index (χ0v) is 17.9. The number of para-hydroxylation sites is 1. The van der Waals surface area contributed by atoms with E-state index in [1.54, 1.807) is 6.07 Å². The molecule has 0 radical (unpaired) electrons. The first-order valence-corrected chi connectivity index (χ1v) is 10.9. The summed E-state index contributed by atoms with van der Waals surface area (Å²) in [5, 5.41) is 10.1. The van der Waals surface area contributed by atoms with Crippen molar-refractivity contribution in [3.8, 4) is 6.07 Å². The Balaban J connectivity index is 1.50. The molecule has 3 aromatic rings. The molecular formula is C24H20ClN3OS. The highest BCUT2D eigenvalue weighted by atomic mass is 35.5. The molecule has 1 aliphatic heterocycles. The van der Waals surface area contributed by atoms with Crippen molar-refractivity contribution in [3.63, 3.8) is 0 Å². The Morgan fingerprint density at radius 3 is 2.23 bits per heavy atom. The number of hydrogen-bond acceptors (Lipinski definition) is 4. The largest absolute Gasteiger partial charge is 0.367 e. The van der Waals surface area contributed by atoms with Crippen molar-refractivity contribution in [1.29, 1.82) is 5.26 Å². The number of carbonyl (C=O) groups excluding carboxylic acids is 1. The van der Waals surface area contributed by atoms with Gasteiger partial charge in [0.15, 0.2) is 0 Å². The molecule has 0 aliphatic carbocycles. The number of amides is 1. The second-order valence-electron chi connectivity index (χ2n) is 6.94. The number of benzene rings is 3. The summed E-state index contributed by atoms with van der Waals surface area (Å²) < 4.78 is 0. The van der Waals surface area contributed by atoms with Crippen molar-refractivity contribution in [2.45, 2.75) is 9.79 Å². The van der Waals surface area contributed by atoms with Crippen molar-refractivity contribution < 1.29 is 4.79 Å². The molecule has 3 aromatic carbocycles. The fraction of sp³-hybridized carbons (Fsp3) is 0.167. The van der Waals surface area contributed by atoms with E-state index in [-0.39, 0.29) is 5.91 Å². The van der Waals surface area contributed by atoms with Crippen LogP contribution >= 0.6 is 23.4 Å². The third-order valence-corrected chi connectivity index (χ3v) is 6.58. The zero-order valence-electron chi connectivity index (χ0n) is 16.3. The summed E-state index contributed by atoms with van der Waals surface area (Å²) in [4.78, 5) is 19.1. The lowest BCUT2D eigenvalue weighted by Gasteiger charge is -2.36. The predicted molar refractivity (Wildman–Crippen MR) is 121 cm³/mol. The third kappa shape index (κ3) is 4.30. The molecule has 0 spiro atoms. The Kier molecular flexibility index (Phi) is 6.27. The smallest absolute Gasteiger partial charge is 0.255 e. The number of carbonyl (C=O) groups is 1. The summed E-state index contributed by atoms with van der Waals surface area (Å²) in [6, 6.07) is 25.1. The topological polar surface area (TPSA) is 47.3 Å². The number of anilines is 1. The second kappa shape index (κ2) is 9.25. The highest BCUT2D eigenvalue weighted by Gasteiger charge is 2.25. The van der Waals surface area contributed by atoms with Gasteiger partial charge in [0, 0.05) is 36.0 Å². The first-order valence-electron chi connectivity index (χ1n) is 9.72. The van der Waals surface area contributed by atoms with Gasteiger partial charge in [-0.2, -0.15) is 5.26 Å². The standard InChI is InChI=1S/C24H20ClN3OS/c25-20-9-3-4-10-21(20)27-13-15-28(16-14-27)24(29)19-8-2-6-12-23(19)30-22-11-5-1-7-18(22)17-26/h1-12H,13-16H2. The molecule has 30 heavy (non-hydrogen) atoms. The molecule has 1 fully saturated rings.